The average molecular weight is 250 g/mol. The molecule has 2 heterocycles. The largest absolute Gasteiger partial charge is 0.465 e. The first kappa shape index (κ1) is 13.7. The summed E-state index contributed by atoms with van der Waals surface area (Å²) in [7, 11) is 0. The van der Waals surface area contributed by atoms with Gasteiger partial charge in [-0.3, -0.25) is 4.98 Å². The van der Waals surface area contributed by atoms with Gasteiger partial charge in [-0.05, 0) is 17.7 Å². The van der Waals surface area contributed by atoms with Crippen LogP contribution in [0.4, 0.5) is 4.79 Å². The average Bonchev–Trinajstić information content (AvgIpc) is 2.77. The second-order valence-corrected chi connectivity index (χ2v) is 3.32. The van der Waals surface area contributed by atoms with Gasteiger partial charge >= 0.3 is 6.09 Å². The van der Waals surface area contributed by atoms with Gasteiger partial charge in [0.1, 0.15) is 12.4 Å². The highest BCUT2D eigenvalue weighted by molar-refractivity contribution is 5.61. The molecule has 4 N–H and O–H groups in total. The number of carboxylic acid groups (broad SMARTS) is 1. The first-order valence-electron chi connectivity index (χ1n) is 5.11. The molecule has 0 aliphatic carbocycles. The van der Waals surface area contributed by atoms with Crippen LogP contribution in [-0.4, -0.2) is 30.8 Å². The number of amides is 1. The molecule has 0 unspecified atom stereocenters. The zero-order valence-electron chi connectivity index (χ0n) is 9.60. The molecular weight excluding hydrogens is 236 g/mol. The minimum absolute atomic E-state index is 0.0297. The molecule has 2 rings (SSSR count). The van der Waals surface area contributed by atoms with Gasteiger partial charge in [-0.2, -0.15) is 0 Å². The van der Waals surface area contributed by atoms with E-state index in [-0.39, 0.29) is 6.61 Å². The molecule has 0 spiro atoms. The van der Waals surface area contributed by atoms with Crippen LogP contribution >= 0.6 is 0 Å². The van der Waals surface area contributed by atoms with Crippen LogP contribution in [0.15, 0.2) is 36.9 Å². The molecule has 0 aliphatic rings. The van der Waals surface area contributed by atoms with E-state index in [2.05, 4.69) is 15.7 Å². The second-order valence-electron chi connectivity index (χ2n) is 3.32. The highest BCUT2D eigenvalue weighted by atomic mass is 16.4. The zero-order chi connectivity index (χ0) is 13.4. The molecule has 1 amide bonds. The van der Waals surface area contributed by atoms with Gasteiger partial charge in [-0.1, -0.05) is 0 Å². The predicted molar refractivity (Wildman–Crippen MR) is 63.7 cm³/mol. The Morgan fingerprint density at radius 2 is 1.94 bits per heavy atom. The highest BCUT2D eigenvalue weighted by Crippen LogP contribution is 2.04. The molecule has 0 aliphatic heterocycles. The molecule has 0 radical (unpaired) electrons. The first-order chi connectivity index (χ1) is 8.63. The van der Waals surface area contributed by atoms with Crippen molar-refractivity contribution >= 4 is 6.09 Å². The fourth-order valence-corrected chi connectivity index (χ4v) is 1.32. The Morgan fingerprint density at radius 3 is 2.50 bits per heavy atom. The fraction of sp³-hybridized carbons (Fsp3) is 0.182. The molecule has 96 valence electrons. The van der Waals surface area contributed by atoms with Gasteiger partial charge in [0.2, 0.25) is 0 Å². The lowest BCUT2D eigenvalue weighted by molar-refractivity contribution is 0.205. The number of nitrogens with zero attached hydrogens (tertiary/aromatic N) is 3. The smallest absolute Gasteiger partial charge is 0.402 e. The van der Waals surface area contributed by atoms with Crippen molar-refractivity contribution in [1.29, 1.82) is 0 Å². The molecular formula is C11H14N4O3. The standard InChI is InChI=1S/C10H11N3O.CH3NO2/c14-8-10-12-5-6-13(10)7-9-1-3-11-4-2-9;2-1(3)4/h1-6,14H,7-8H2;2H2,(H,3,4). The third kappa shape index (κ3) is 4.62. The SMILES string of the molecule is NC(=O)O.OCc1nccn1Cc1ccncc1. The predicted octanol–water partition coefficient (Wildman–Crippen LogP) is 0.442. The third-order valence-corrected chi connectivity index (χ3v) is 2.05. The highest BCUT2D eigenvalue weighted by Gasteiger charge is 2.00. The van der Waals surface area contributed by atoms with E-state index in [4.69, 9.17) is 15.0 Å². The summed E-state index contributed by atoms with van der Waals surface area (Å²) in [4.78, 5) is 16.7. The van der Waals surface area contributed by atoms with Crippen molar-refractivity contribution in [2.24, 2.45) is 5.73 Å². The Hall–Kier alpha value is -2.41. The molecule has 0 fully saturated rings. The van der Waals surface area contributed by atoms with Crippen molar-refractivity contribution < 1.29 is 15.0 Å². The molecule has 7 heteroatoms. The van der Waals surface area contributed by atoms with E-state index >= 15 is 0 Å². The lowest BCUT2D eigenvalue weighted by atomic mass is 10.3. The number of hydrogen-bond acceptors (Lipinski definition) is 4. The van der Waals surface area contributed by atoms with Crippen molar-refractivity contribution in [3.63, 3.8) is 0 Å². The summed E-state index contributed by atoms with van der Waals surface area (Å²) in [5.74, 6) is 0.682. The van der Waals surface area contributed by atoms with E-state index in [1.807, 2.05) is 22.9 Å². The van der Waals surface area contributed by atoms with Gasteiger partial charge in [-0.25, -0.2) is 9.78 Å². The molecule has 0 aromatic carbocycles. The van der Waals surface area contributed by atoms with Crippen LogP contribution < -0.4 is 5.73 Å². The van der Waals surface area contributed by atoms with Crippen molar-refractivity contribution in [1.82, 2.24) is 14.5 Å². The molecule has 2 aromatic heterocycles. The van der Waals surface area contributed by atoms with E-state index in [1.54, 1.807) is 18.6 Å². The van der Waals surface area contributed by atoms with E-state index in [9.17, 15) is 0 Å². The number of aromatic nitrogens is 3. The minimum atomic E-state index is -1.33. The summed E-state index contributed by atoms with van der Waals surface area (Å²) >= 11 is 0. The van der Waals surface area contributed by atoms with Crippen LogP contribution in [0.5, 0.6) is 0 Å². The Labute approximate surface area is 104 Å². The Morgan fingerprint density at radius 1 is 1.33 bits per heavy atom. The van der Waals surface area contributed by atoms with Crippen molar-refractivity contribution in [3.05, 3.63) is 48.3 Å². The molecule has 18 heavy (non-hydrogen) atoms. The first-order valence-corrected chi connectivity index (χ1v) is 5.11. The van der Waals surface area contributed by atoms with E-state index in [0.717, 1.165) is 12.1 Å². The van der Waals surface area contributed by atoms with Gasteiger partial charge in [0.15, 0.2) is 0 Å². The van der Waals surface area contributed by atoms with Crippen molar-refractivity contribution in [2.75, 3.05) is 0 Å². The maximum atomic E-state index is 8.99. The summed E-state index contributed by atoms with van der Waals surface area (Å²) < 4.78 is 1.91. The van der Waals surface area contributed by atoms with Crippen LogP contribution in [-0.2, 0) is 13.2 Å². The summed E-state index contributed by atoms with van der Waals surface area (Å²) in [6.07, 6.45) is 5.72. The number of carbonyl (C=O) groups is 1. The van der Waals surface area contributed by atoms with Crippen molar-refractivity contribution in [2.45, 2.75) is 13.2 Å². The normalized spacial score (nSPS) is 9.39. The molecule has 0 saturated heterocycles. The molecule has 0 saturated carbocycles. The van der Waals surface area contributed by atoms with Gasteiger partial charge in [0, 0.05) is 31.3 Å². The number of pyridine rings is 1. The minimum Gasteiger partial charge on any atom is -0.465 e. The number of rotatable bonds is 3. The summed E-state index contributed by atoms with van der Waals surface area (Å²) in [5.41, 5.74) is 5.17. The quantitative estimate of drug-likeness (QED) is 0.731. The van der Waals surface area contributed by atoms with Crippen LogP contribution in [0.3, 0.4) is 0 Å². The summed E-state index contributed by atoms with van der Waals surface area (Å²) in [6.45, 7) is 0.691. The zero-order valence-corrected chi connectivity index (χ0v) is 9.60. The Bertz CT molecular complexity index is 480. The van der Waals surface area contributed by atoms with Crippen LogP contribution in [0.2, 0.25) is 0 Å². The topological polar surface area (TPSA) is 114 Å². The molecule has 0 atom stereocenters. The van der Waals surface area contributed by atoms with E-state index in [0.29, 0.717) is 5.82 Å². The monoisotopic (exact) mass is 250 g/mol. The maximum absolute atomic E-state index is 8.99. The lowest BCUT2D eigenvalue weighted by Gasteiger charge is -2.05. The van der Waals surface area contributed by atoms with E-state index in [1.165, 1.54) is 0 Å². The number of aliphatic hydroxyl groups excluding tert-OH is 1. The number of imidazole rings is 1. The number of hydrogen-bond donors (Lipinski definition) is 3. The van der Waals surface area contributed by atoms with Crippen LogP contribution in [0.25, 0.3) is 0 Å². The van der Waals surface area contributed by atoms with Crippen LogP contribution in [0.1, 0.15) is 11.4 Å². The van der Waals surface area contributed by atoms with Crippen molar-refractivity contribution in [3.8, 4) is 0 Å². The lowest BCUT2D eigenvalue weighted by Crippen LogP contribution is -2.03. The molecule has 2 aromatic rings. The van der Waals surface area contributed by atoms with E-state index < -0.39 is 6.09 Å². The fourth-order valence-electron chi connectivity index (χ4n) is 1.32. The summed E-state index contributed by atoms with van der Waals surface area (Å²) in [6, 6.07) is 3.89. The second kappa shape index (κ2) is 7.02. The van der Waals surface area contributed by atoms with Gasteiger partial charge < -0.3 is 20.5 Å². The van der Waals surface area contributed by atoms with Gasteiger partial charge in [0.25, 0.3) is 0 Å². The van der Waals surface area contributed by atoms with Crippen LogP contribution in [0, 0.1) is 0 Å². The third-order valence-electron chi connectivity index (χ3n) is 2.05. The number of primary amides is 1. The Kier molecular flexibility index (Phi) is 5.33. The van der Waals surface area contributed by atoms with Gasteiger partial charge in [-0.15, -0.1) is 0 Å². The number of nitrogens with two attached hydrogens (primary N) is 1. The van der Waals surface area contributed by atoms with Gasteiger partial charge in [0.05, 0.1) is 0 Å². The summed E-state index contributed by atoms with van der Waals surface area (Å²) in [5, 5.41) is 16.2. The Balaban J connectivity index is 0.000000357. The maximum Gasteiger partial charge on any atom is 0.402 e. The number of aliphatic hydroxyl groups is 1. The molecule has 0 bridgehead atoms. The molecule has 7 nitrogen and oxygen atoms in total.